The number of nitrogens with two attached hydrogens (primary N) is 1. The Bertz CT molecular complexity index is 777. The summed E-state index contributed by atoms with van der Waals surface area (Å²) in [7, 11) is -3.75. The van der Waals surface area contributed by atoms with Crippen LogP contribution in [0.1, 0.15) is 15.9 Å². The molecule has 1 aromatic rings. The van der Waals surface area contributed by atoms with Gasteiger partial charge in [0.15, 0.2) is 0 Å². The molecule has 1 aliphatic rings. The summed E-state index contributed by atoms with van der Waals surface area (Å²) in [4.78, 5) is 24.2. The summed E-state index contributed by atoms with van der Waals surface area (Å²) < 4.78 is 60.9. The van der Waals surface area contributed by atoms with Crippen LogP contribution in [-0.2, 0) is 20.6 Å². The number of sulfonamides is 1. The zero-order chi connectivity index (χ0) is 19.0. The van der Waals surface area contributed by atoms with Crippen molar-refractivity contribution in [2.45, 2.75) is 11.9 Å². The summed E-state index contributed by atoms with van der Waals surface area (Å²) in [6.45, 7) is -1.28. The first kappa shape index (κ1) is 19.2. The molecule has 138 valence electrons. The van der Waals surface area contributed by atoms with E-state index in [0.717, 1.165) is 4.90 Å². The molecule has 1 heterocycles. The van der Waals surface area contributed by atoms with Gasteiger partial charge in [0.2, 0.25) is 10.0 Å². The van der Waals surface area contributed by atoms with E-state index in [0.29, 0.717) is 5.56 Å². The second-order valence-corrected chi connectivity index (χ2v) is 7.42. The summed E-state index contributed by atoms with van der Waals surface area (Å²) in [5, 5.41) is 13.9. The predicted molar refractivity (Wildman–Crippen MR) is 79.8 cm³/mol. The van der Waals surface area contributed by atoms with Gasteiger partial charge in [-0.1, -0.05) is 12.1 Å². The van der Waals surface area contributed by atoms with Crippen LogP contribution in [0.2, 0.25) is 0 Å². The van der Waals surface area contributed by atoms with Crippen molar-refractivity contribution in [3.8, 4) is 0 Å². The first-order chi connectivity index (χ1) is 11.4. The number of hydrogen-bond donors (Lipinski definition) is 2. The molecule has 0 spiro atoms. The lowest BCUT2D eigenvalue weighted by molar-refractivity contribution is -0.187. The molecular formula is C14H15F3N2O5S. The highest BCUT2D eigenvalue weighted by Crippen LogP contribution is 2.38. The van der Waals surface area contributed by atoms with E-state index in [4.69, 9.17) is 10.2 Å². The first-order valence-corrected chi connectivity index (χ1v) is 8.78. The molecule has 1 fully saturated rings. The van der Waals surface area contributed by atoms with Crippen molar-refractivity contribution in [3.05, 3.63) is 35.4 Å². The first-order valence-electron chi connectivity index (χ1n) is 7.06. The van der Waals surface area contributed by atoms with Crippen molar-refractivity contribution in [1.29, 1.82) is 0 Å². The van der Waals surface area contributed by atoms with Crippen LogP contribution >= 0.6 is 0 Å². The van der Waals surface area contributed by atoms with Gasteiger partial charge < -0.3 is 10.0 Å². The van der Waals surface area contributed by atoms with E-state index in [1.807, 2.05) is 0 Å². The molecule has 0 saturated carbocycles. The number of halogens is 3. The molecule has 0 bridgehead atoms. The van der Waals surface area contributed by atoms with Gasteiger partial charge in [-0.05, 0) is 17.7 Å². The highest BCUT2D eigenvalue weighted by molar-refractivity contribution is 7.88. The maximum atomic E-state index is 13.0. The zero-order valence-corrected chi connectivity index (χ0v) is 13.5. The van der Waals surface area contributed by atoms with Gasteiger partial charge in [-0.3, -0.25) is 9.59 Å². The molecule has 0 aliphatic carbocycles. The van der Waals surface area contributed by atoms with E-state index < -0.39 is 58.8 Å². The molecule has 3 N–H and O–H groups in total. The van der Waals surface area contributed by atoms with E-state index >= 15 is 0 Å². The molecule has 2 atom stereocenters. The lowest BCUT2D eigenvalue weighted by Gasteiger charge is -2.18. The Morgan fingerprint density at radius 3 is 2.16 bits per heavy atom. The molecule has 1 aliphatic heterocycles. The monoisotopic (exact) mass is 380 g/mol. The molecule has 7 nitrogen and oxygen atoms in total. The minimum Gasteiger partial charge on any atom is -0.481 e. The summed E-state index contributed by atoms with van der Waals surface area (Å²) in [5.41, 5.74) is 0.349. The number of nitrogens with zero attached hydrogens (tertiary/aromatic N) is 1. The maximum Gasteiger partial charge on any atom is 0.394 e. The van der Waals surface area contributed by atoms with Gasteiger partial charge in [-0.25, -0.2) is 13.6 Å². The van der Waals surface area contributed by atoms with Crippen LogP contribution in [-0.4, -0.2) is 49.6 Å². The minimum absolute atomic E-state index is 0.0325. The molecule has 1 amide bonds. The molecule has 1 aromatic carbocycles. The molecule has 2 rings (SSSR count). The summed E-state index contributed by atoms with van der Waals surface area (Å²) in [5.74, 6) is -6.65. The van der Waals surface area contributed by atoms with E-state index in [9.17, 15) is 31.2 Å². The minimum atomic E-state index is -4.72. The molecule has 0 aromatic heterocycles. The molecular weight excluding hydrogens is 365 g/mol. The Labute approximate surface area is 141 Å². The molecule has 0 unspecified atom stereocenters. The number of alkyl halides is 3. The van der Waals surface area contributed by atoms with Crippen LogP contribution in [0.15, 0.2) is 24.3 Å². The number of carboxylic acids is 1. The standard InChI is InChI=1S/C14H15F3N2O5S/c15-14(16,17)11-6-19(5-10(11)13(21)22)12(20)9-3-1-8(2-4-9)7-25(18,23)24/h1-4,10-11H,5-7H2,(H,21,22)(H2,18,23,24)/t10-,11-/m1/s1. The summed E-state index contributed by atoms with van der Waals surface area (Å²) in [6.07, 6.45) is -4.72. The van der Waals surface area contributed by atoms with E-state index in [-0.39, 0.29) is 5.56 Å². The third kappa shape index (κ3) is 4.69. The maximum absolute atomic E-state index is 13.0. The number of likely N-dealkylation sites (tertiary alicyclic amines) is 1. The topological polar surface area (TPSA) is 118 Å². The number of benzene rings is 1. The second-order valence-electron chi connectivity index (χ2n) is 5.81. The molecule has 0 radical (unpaired) electrons. The Morgan fingerprint density at radius 2 is 1.76 bits per heavy atom. The van der Waals surface area contributed by atoms with Crippen LogP contribution in [0.3, 0.4) is 0 Å². The fraction of sp³-hybridized carbons (Fsp3) is 0.429. The summed E-state index contributed by atoms with van der Waals surface area (Å²) >= 11 is 0. The van der Waals surface area contributed by atoms with Crippen molar-refractivity contribution in [1.82, 2.24) is 4.90 Å². The number of carbonyl (C=O) groups is 2. The quantitative estimate of drug-likeness (QED) is 0.802. The van der Waals surface area contributed by atoms with Crippen LogP contribution in [0, 0.1) is 11.8 Å². The summed E-state index contributed by atoms with van der Waals surface area (Å²) in [6, 6.07) is 5.17. The number of primary sulfonamides is 1. The SMILES string of the molecule is NS(=O)(=O)Cc1ccc(C(=O)N2C[C@@H](C(F)(F)F)[C@H](C(=O)O)C2)cc1. The average Bonchev–Trinajstić information content (AvgIpc) is 2.91. The number of hydrogen-bond acceptors (Lipinski definition) is 4. The predicted octanol–water partition coefficient (Wildman–Crippen LogP) is 0.810. The fourth-order valence-corrected chi connectivity index (χ4v) is 3.37. The average molecular weight is 380 g/mol. The van der Waals surface area contributed by atoms with Gasteiger partial charge >= 0.3 is 12.1 Å². The van der Waals surface area contributed by atoms with Crippen LogP contribution in [0.5, 0.6) is 0 Å². The highest BCUT2D eigenvalue weighted by atomic mass is 32.2. The van der Waals surface area contributed by atoms with Crippen LogP contribution in [0.25, 0.3) is 0 Å². The van der Waals surface area contributed by atoms with E-state index in [2.05, 4.69) is 0 Å². The van der Waals surface area contributed by atoms with Crippen molar-refractivity contribution in [3.63, 3.8) is 0 Å². The third-order valence-corrected chi connectivity index (χ3v) is 4.65. The number of carboxylic acid groups (broad SMARTS) is 1. The van der Waals surface area contributed by atoms with Crippen molar-refractivity contribution >= 4 is 21.9 Å². The normalized spacial score (nSPS) is 21.4. The Balaban J connectivity index is 2.17. The van der Waals surface area contributed by atoms with Crippen LogP contribution in [0.4, 0.5) is 13.2 Å². The van der Waals surface area contributed by atoms with Crippen molar-refractivity contribution < 1.29 is 36.3 Å². The van der Waals surface area contributed by atoms with Gasteiger partial charge in [-0.15, -0.1) is 0 Å². The third-order valence-electron chi connectivity index (χ3n) is 3.91. The Hall–Kier alpha value is -2.14. The Kier molecular flexibility index (Phi) is 5.09. The Morgan fingerprint density at radius 1 is 1.20 bits per heavy atom. The number of carbonyl (C=O) groups excluding carboxylic acids is 1. The zero-order valence-electron chi connectivity index (χ0n) is 12.7. The van der Waals surface area contributed by atoms with Crippen molar-refractivity contribution in [2.75, 3.05) is 13.1 Å². The van der Waals surface area contributed by atoms with Gasteiger partial charge in [0.05, 0.1) is 17.6 Å². The lowest BCUT2D eigenvalue weighted by atomic mass is 9.96. The molecule has 1 saturated heterocycles. The van der Waals surface area contributed by atoms with E-state index in [1.165, 1.54) is 24.3 Å². The van der Waals surface area contributed by atoms with Crippen LogP contribution < -0.4 is 5.14 Å². The largest absolute Gasteiger partial charge is 0.481 e. The second kappa shape index (κ2) is 6.64. The molecule has 25 heavy (non-hydrogen) atoms. The fourth-order valence-electron chi connectivity index (χ4n) is 2.71. The van der Waals surface area contributed by atoms with Gasteiger partial charge in [0.25, 0.3) is 5.91 Å². The van der Waals surface area contributed by atoms with Gasteiger partial charge in [-0.2, -0.15) is 13.2 Å². The highest BCUT2D eigenvalue weighted by Gasteiger charge is 2.53. The smallest absolute Gasteiger partial charge is 0.394 e. The van der Waals surface area contributed by atoms with E-state index in [1.54, 1.807) is 0 Å². The van der Waals surface area contributed by atoms with Gasteiger partial charge in [0.1, 0.15) is 0 Å². The van der Waals surface area contributed by atoms with Crippen molar-refractivity contribution in [2.24, 2.45) is 17.0 Å². The number of aliphatic carboxylic acids is 1. The number of amides is 1. The number of rotatable bonds is 4. The van der Waals surface area contributed by atoms with Gasteiger partial charge in [0, 0.05) is 18.7 Å². The lowest BCUT2D eigenvalue weighted by Crippen LogP contribution is -2.34. The molecule has 11 heteroatoms.